The number of benzene rings is 1. The van der Waals surface area contributed by atoms with E-state index in [1.54, 1.807) is 0 Å². The fourth-order valence-corrected chi connectivity index (χ4v) is 2.10. The van der Waals surface area contributed by atoms with Crippen molar-refractivity contribution in [2.24, 2.45) is 0 Å². The Morgan fingerprint density at radius 1 is 1.21 bits per heavy atom. The maximum absolute atomic E-state index is 11.7. The number of aryl methyl sites for hydroxylation is 1. The minimum Gasteiger partial charge on any atom is -0.313 e. The summed E-state index contributed by atoms with van der Waals surface area (Å²) in [5.74, 6) is 0. The molecule has 0 unspecified atom stereocenters. The molecule has 3 aromatic rings. The first-order valence-corrected chi connectivity index (χ1v) is 6.12. The van der Waals surface area contributed by atoms with Crippen LogP contribution in [0, 0.1) is 6.92 Å². The Balaban J connectivity index is 2.10. The van der Waals surface area contributed by atoms with Crippen molar-refractivity contribution in [2.45, 2.75) is 13.3 Å². The van der Waals surface area contributed by atoms with E-state index in [0.717, 1.165) is 17.7 Å². The summed E-state index contributed by atoms with van der Waals surface area (Å²) in [5.41, 5.74) is 3.51. The van der Waals surface area contributed by atoms with E-state index >= 15 is 0 Å². The van der Waals surface area contributed by atoms with Crippen molar-refractivity contribution in [1.82, 2.24) is 15.0 Å². The molecule has 3 rings (SSSR count). The summed E-state index contributed by atoms with van der Waals surface area (Å²) in [4.78, 5) is 22.8. The molecule has 0 radical (unpaired) electrons. The molecule has 0 aliphatic carbocycles. The van der Waals surface area contributed by atoms with Crippen LogP contribution in [0.5, 0.6) is 0 Å². The number of fused-ring (bicyclic) bond motifs is 1. The molecule has 0 bridgehead atoms. The number of hydrogen-bond acceptors (Lipinski definition) is 3. The van der Waals surface area contributed by atoms with Gasteiger partial charge in [-0.15, -0.1) is 0 Å². The highest BCUT2D eigenvalue weighted by molar-refractivity contribution is 5.74. The van der Waals surface area contributed by atoms with Crippen molar-refractivity contribution >= 4 is 11.0 Å². The number of nitrogens with zero attached hydrogens (tertiary/aromatic N) is 2. The van der Waals surface area contributed by atoms with Crippen LogP contribution in [0.1, 0.15) is 16.8 Å². The van der Waals surface area contributed by atoms with E-state index < -0.39 is 0 Å². The largest absolute Gasteiger partial charge is 0.313 e. The van der Waals surface area contributed by atoms with Gasteiger partial charge in [0, 0.05) is 6.42 Å². The van der Waals surface area contributed by atoms with Crippen molar-refractivity contribution in [1.29, 1.82) is 0 Å². The smallest absolute Gasteiger partial charge is 0.260 e. The quantitative estimate of drug-likeness (QED) is 0.759. The molecule has 1 aromatic carbocycles. The molecule has 19 heavy (non-hydrogen) atoms. The van der Waals surface area contributed by atoms with Gasteiger partial charge in [0.05, 0.1) is 17.4 Å². The lowest BCUT2D eigenvalue weighted by atomic mass is 10.1. The third-order valence-electron chi connectivity index (χ3n) is 3.14. The molecule has 4 nitrogen and oxygen atoms in total. The molecule has 0 atom stereocenters. The SMILES string of the molecule is Cc1cc2c(=O)[nH]cnc2nc1Cc1ccccc1. The van der Waals surface area contributed by atoms with Gasteiger partial charge in [0.25, 0.3) is 5.56 Å². The Morgan fingerprint density at radius 3 is 2.79 bits per heavy atom. The van der Waals surface area contributed by atoms with Gasteiger partial charge in [0.1, 0.15) is 0 Å². The molecule has 0 aliphatic rings. The Morgan fingerprint density at radius 2 is 2.00 bits per heavy atom. The zero-order valence-electron chi connectivity index (χ0n) is 10.6. The topological polar surface area (TPSA) is 58.6 Å². The van der Waals surface area contributed by atoms with Gasteiger partial charge in [-0.2, -0.15) is 0 Å². The molecule has 0 saturated heterocycles. The monoisotopic (exact) mass is 251 g/mol. The van der Waals surface area contributed by atoms with Crippen LogP contribution in [0.2, 0.25) is 0 Å². The van der Waals surface area contributed by atoms with Crippen LogP contribution in [0.15, 0.2) is 47.5 Å². The number of hydrogen-bond donors (Lipinski definition) is 1. The molecule has 0 amide bonds. The predicted octanol–water partition coefficient (Wildman–Crippen LogP) is 2.22. The van der Waals surface area contributed by atoms with Gasteiger partial charge in [-0.3, -0.25) is 4.79 Å². The van der Waals surface area contributed by atoms with Gasteiger partial charge in [-0.05, 0) is 24.1 Å². The lowest BCUT2D eigenvalue weighted by Gasteiger charge is -2.06. The van der Waals surface area contributed by atoms with Crippen LogP contribution in [0.3, 0.4) is 0 Å². The van der Waals surface area contributed by atoms with Gasteiger partial charge >= 0.3 is 0 Å². The fraction of sp³-hybridized carbons (Fsp3) is 0.133. The lowest BCUT2D eigenvalue weighted by molar-refractivity contribution is 1.04. The summed E-state index contributed by atoms with van der Waals surface area (Å²) in [6, 6.07) is 12.0. The summed E-state index contributed by atoms with van der Waals surface area (Å²) in [6.45, 7) is 1.97. The molecule has 0 saturated carbocycles. The maximum Gasteiger partial charge on any atom is 0.260 e. The summed E-state index contributed by atoms with van der Waals surface area (Å²) in [6.07, 6.45) is 2.14. The van der Waals surface area contributed by atoms with E-state index in [9.17, 15) is 4.79 Å². The summed E-state index contributed by atoms with van der Waals surface area (Å²) < 4.78 is 0. The average Bonchev–Trinajstić information content (AvgIpc) is 2.42. The molecule has 4 heteroatoms. The standard InChI is InChI=1S/C15H13N3O/c1-10-7-12-14(16-9-17-15(12)19)18-13(10)8-11-5-3-2-4-6-11/h2-7,9H,8H2,1H3,(H,16,17,18,19). The number of H-pyrrole nitrogens is 1. The van der Waals surface area contributed by atoms with E-state index in [-0.39, 0.29) is 5.56 Å². The first-order chi connectivity index (χ1) is 9.24. The van der Waals surface area contributed by atoms with E-state index in [1.807, 2.05) is 31.2 Å². The zero-order valence-corrected chi connectivity index (χ0v) is 10.6. The Labute approximate surface area is 110 Å². The molecule has 1 N–H and O–H groups in total. The second-order valence-corrected chi connectivity index (χ2v) is 4.52. The Kier molecular flexibility index (Phi) is 2.83. The molecule has 0 fully saturated rings. The van der Waals surface area contributed by atoms with Crippen LogP contribution in [-0.2, 0) is 6.42 Å². The highest BCUT2D eigenvalue weighted by Crippen LogP contribution is 2.15. The van der Waals surface area contributed by atoms with Crippen LogP contribution >= 0.6 is 0 Å². The lowest BCUT2D eigenvalue weighted by Crippen LogP contribution is -2.09. The molecule has 2 aromatic heterocycles. The highest BCUT2D eigenvalue weighted by atomic mass is 16.1. The average molecular weight is 251 g/mol. The first kappa shape index (κ1) is 11.6. The fourth-order valence-electron chi connectivity index (χ4n) is 2.10. The third-order valence-corrected chi connectivity index (χ3v) is 3.14. The van der Waals surface area contributed by atoms with Crippen molar-refractivity contribution in [3.63, 3.8) is 0 Å². The number of aromatic amines is 1. The van der Waals surface area contributed by atoms with E-state index in [4.69, 9.17) is 0 Å². The highest BCUT2D eigenvalue weighted by Gasteiger charge is 2.07. The minimum atomic E-state index is -0.146. The van der Waals surface area contributed by atoms with E-state index in [0.29, 0.717) is 11.0 Å². The summed E-state index contributed by atoms with van der Waals surface area (Å²) in [5, 5.41) is 0.539. The number of nitrogens with one attached hydrogen (secondary N) is 1. The van der Waals surface area contributed by atoms with Crippen molar-refractivity contribution in [3.05, 3.63) is 69.9 Å². The zero-order chi connectivity index (χ0) is 13.2. The van der Waals surface area contributed by atoms with Gasteiger partial charge in [0.2, 0.25) is 0 Å². The first-order valence-electron chi connectivity index (χ1n) is 6.12. The van der Waals surface area contributed by atoms with Gasteiger partial charge in [-0.25, -0.2) is 9.97 Å². The van der Waals surface area contributed by atoms with Crippen molar-refractivity contribution in [2.75, 3.05) is 0 Å². The van der Waals surface area contributed by atoms with Crippen LogP contribution in [0.4, 0.5) is 0 Å². The Bertz CT molecular complexity index is 778. The summed E-state index contributed by atoms with van der Waals surface area (Å²) >= 11 is 0. The molecule has 0 spiro atoms. The number of pyridine rings is 1. The predicted molar refractivity (Wildman–Crippen MR) is 74.1 cm³/mol. The van der Waals surface area contributed by atoms with Crippen LogP contribution in [-0.4, -0.2) is 15.0 Å². The van der Waals surface area contributed by atoms with Gasteiger partial charge in [0.15, 0.2) is 5.65 Å². The van der Waals surface area contributed by atoms with Gasteiger partial charge in [-0.1, -0.05) is 30.3 Å². The van der Waals surface area contributed by atoms with E-state index in [2.05, 4.69) is 27.1 Å². The third kappa shape index (κ3) is 2.25. The van der Waals surface area contributed by atoms with Crippen molar-refractivity contribution < 1.29 is 0 Å². The Hall–Kier alpha value is -2.49. The van der Waals surface area contributed by atoms with Gasteiger partial charge < -0.3 is 4.98 Å². The maximum atomic E-state index is 11.7. The number of rotatable bonds is 2. The minimum absolute atomic E-state index is 0.146. The van der Waals surface area contributed by atoms with Crippen LogP contribution in [0.25, 0.3) is 11.0 Å². The van der Waals surface area contributed by atoms with Crippen molar-refractivity contribution in [3.8, 4) is 0 Å². The second kappa shape index (κ2) is 4.65. The molecular weight excluding hydrogens is 238 g/mol. The molecule has 0 aliphatic heterocycles. The molecular formula is C15H13N3O. The molecule has 94 valence electrons. The second-order valence-electron chi connectivity index (χ2n) is 4.52. The normalized spacial score (nSPS) is 10.8. The van der Waals surface area contributed by atoms with Crippen LogP contribution < -0.4 is 5.56 Å². The molecule has 2 heterocycles. The number of aromatic nitrogens is 3. The summed E-state index contributed by atoms with van der Waals surface area (Å²) in [7, 11) is 0. The van der Waals surface area contributed by atoms with E-state index in [1.165, 1.54) is 11.9 Å².